The molecule has 152 valence electrons. The fourth-order valence-corrected chi connectivity index (χ4v) is 4.24. The third-order valence-corrected chi connectivity index (χ3v) is 5.74. The quantitative estimate of drug-likeness (QED) is 0.702. The van der Waals surface area contributed by atoms with Crippen molar-refractivity contribution in [1.29, 1.82) is 0 Å². The number of fused-ring (bicyclic) bond motifs is 1. The molecule has 2 heterocycles. The number of nitrogens with one attached hydrogen (secondary N) is 1. The summed E-state index contributed by atoms with van der Waals surface area (Å²) in [5, 5.41) is 4.34. The molecule has 1 unspecified atom stereocenters. The van der Waals surface area contributed by atoms with Crippen LogP contribution < -0.4 is 5.32 Å². The monoisotopic (exact) mass is 391 g/mol. The smallest absolute Gasteiger partial charge is 0.224 e. The van der Waals surface area contributed by atoms with Crippen LogP contribution in [0.25, 0.3) is 10.9 Å². The van der Waals surface area contributed by atoms with Crippen molar-refractivity contribution in [1.82, 2.24) is 14.8 Å². The van der Waals surface area contributed by atoms with Crippen molar-refractivity contribution < 1.29 is 9.53 Å². The van der Waals surface area contributed by atoms with Gasteiger partial charge in [-0.15, -0.1) is 0 Å². The Labute approximate surface area is 172 Å². The number of aromatic nitrogens is 1. The van der Waals surface area contributed by atoms with Crippen molar-refractivity contribution >= 4 is 16.8 Å². The average molecular weight is 392 g/mol. The van der Waals surface area contributed by atoms with Gasteiger partial charge in [-0.1, -0.05) is 48.0 Å². The largest absolute Gasteiger partial charge is 0.379 e. The van der Waals surface area contributed by atoms with Crippen molar-refractivity contribution in [2.45, 2.75) is 19.4 Å². The van der Waals surface area contributed by atoms with Crippen molar-refractivity contribution in [3.63, 3.8) is 0 Å². The number of para-hydroxylation sites is 1. The molecule has 3 aromatic rings. The predicted octanol–water partition coefficient (Wildman–Crippen LogP) is 3.22. The van der Waals surface area contributed by atoms with E-state index in [0.29, 0.717) is 13.0 Å². The number of morpholine rings is 1. The minimum atomic E-state index is 0.0623. The lowest BCUT2D eigenvalue weighted by Gasteiger charge is -2.35. The SMILES string of the molecule is Cc1cccc(C(CNC(=O)Cc2cn(C)c3ccccc23)N2CCOCC2)c1. The van der Waals surface area contributed by atoms with Gasteiger partial charge in [0.05, 0.1) is 25.7 Å². The number of rotatable bonds is 6. The first kappa shape index (κ1) is 19.7. The molecule has 1 aliphatic rings. The Kier molecular flexibility index (Phi) is 5.97. The maximum Gasteiger partial charge on any atom is 0.224 e. The maximum absolute atomic E-state index is 12.8. The molecule has 1 saturated heterocycles. The first-order valence-corrected chi connectivity index (χ1v) is 10.3. The van der Waals surface area contributed by atoms with Gasteiger partial charge < -0.3 is 14.6 Å². The topological polar surface area (TPSA) is 46.5 Å². The van der Waals surface area contributed by atoms with E-state index in [9.17, 15) is 4.79 Å². The molecular weight excluding hydrogens is 362 g/mol. The van der Waals surface area contributed by atoms with Crippen LogP contribution in [0, 0.1) is 6.92 Å². The predicted molar refractivity (Wildman–Crippen MR) is 116 cm³/mol. The molecule has 0 spiro atoms. The summed E-state index contributed by atoms with van der Waals surface area (Å²) < 4.78 is 7.61. The average Bonchev–Trinajstić information content (AvgIpc) is 3.05. The molecule has 2 aromatic carbocycles. The molecule has 1 fully saturated rings. The first-order valence-electron chi connectivity index (χ1n) is 10.3. The fourth-order valence-electron chi connectivity index (χ4n) is 4.24. The second kappa shape index (κ2) is 8.80. The third kappa shape index (κ3) is 4.52. The van der Waals surface area contributed by atoms with Gasteiger partial charge in [-0.25, -0.2) is 0 Å². The molecule has 1 N–H and O–H groups in total. The summed E-state index contributed by atoms with van der Waals surface area (Å²) in [6, 6.07) is 17.0. The summed E-state index contributed by atoms with van der Waals surface area (Å²) in [6.07, 6.45) is 2.45. The van der Waals surface area contributed by atoms with Gasteiger partial charge in [0, 0.05) is 43.8 Å². The highest BCUT2D eigenvalue weighted by Gasteiger charge is 2.23. The molecule has 1 aliphatic heterocycles. The van der Waals surface area contributed by atoms with Crippen molar-refractivity contribution in [2.75, 3.05) is 32.8 Å². The number of benzene rings is 2. The van der Waals surface area contributed by atoms with Gasteiger partial charge in [0.1, 0.15) is 0 Å². The van der Waals surface area contributed by atoms with Crippen LogP contribution in [0.15, 0.2) is 54.7 Å². The normalized spacial score (nSPS) is 16.1. The van der Waals surface area contributed by atoms with Gasteiger partial charge in [-0.3, -0.25) is 9.69 Å². The van der Waals surface area contributed by atoms with Crippen LogP contribution in [0.5, 0.6) is 0 Å². The van der Waals surface area contributed by atoms with E-state index in [1.54, 1.807) is 0 Å². The molecule has 4 rings (SSSR count). The number of carbonyl (C=O) groups excluding carboxylic acids is 1. The van der Waals surface area contributed by atoms with E-state index in [2.05, 4.69) is 64.3 Å². The second-order valence-electron chi connectivity index (χ2n) is 7.84. The number of ether oxygens (including phenoxy) is 1. The summed E-state index contributed by atoms with van der Waals surface area (Å²) in [5.41, 5.74) is 4.71. The highest BCUT2D eigenvalue weighted by Crippen LogP contribution is 2.23. The van der Waals surface area contributed by atoms with Crippen molar-refractivity contribution in [3.8, 4) is 0 Å². The van der Waals surface area contributed by atoms with E-state index in [1.807, 2.05) is 19.2 Å². The van der Waals surface area contributed by atoms with E-state index >= 15 is 0 Å². The fraction of sp³-hybridized carbons (Fsp3) is 0.375. The van der Waals surface area contributed by atoms with E-state index in [1.165, 1.54) is 11.1 Å². The number of nitrogens with zero attached hydrogens (tertiary/aromatic N) is 2. The molecule has 0 radical (unpaired) electrons. The summed E-state index contributed by atoms with van der Waals surface area (Å²) in [6.45, 7) is 5.97. The third-order valence-electron chi connectivity index (χ3n) is 5.74. The van der Waals surface area contributed by atoms with E-state index in [4.69, 9.17) is 4.74 Å². The van der Waals surface area contributed by atoms with Gasteiger partial charge in [0.15, 0.2) is 0 Å². The number of carbonyl (C=O) groups is 1. The first-order chi connectivity index (χ1) is 14.1. The zero-order valence-corrected chi connectivity index (χ0v) is 17.2. The van der Waals surface area contributed by atoms with Gasteiger partial charge >= 0.3 is 0 Å². The minimum Gasteiger partial charge on any atom is -0.379 e. The Morgan fingerprint density at radius 2 is 1.93 bits per heavy atom. The lowest BCUT2D eigenvalue weighted by molar-refractivity contribution is -0.120. The van der Waals surface area contributed by atoms with Gasteiger partial charge in [-0.05, 0) is 24.1 Å². The van der Waals surface area contributed by atoms with Gasteiger partial charge in [-0.2, -0.15) is 0 Å². The standard InChI is InChI=1S/C24H29N3O2/c1-18-6-5-7-19(14-18)23(27-10-12-29-13-11-27)16-25-24(28)15-20-17-26(2)22-9-4-3-8-21(20)22/h3-9,14,17,23H,10-13,15-16H2,1-2H3,(H,25,28). The molecule has 5 heteroatoms. The zero-order chi connectivity index (χ0) is 20.2. The second-order valence-corrected chi connectivity index (χ2v) is 7.84. The van der Waals surface area contributed by atoms with Crippen LogP contribution in [0.4, 0.5) is 0 Å². The summed E-state index contributed by atoms with van der Waals surface area (Å²) in [5.74, 6) is 0.0623. The Morgan fingerprint density at radius 3 is 2.72 bits per heavy atom. The lowest BCUT2D eigenvalue weighted by atomic mass is 10.0. The van der Waals surface area contributed by atoms with Crippen LogP contribution in [0.2, 0.25) is 0 Å². The molecule has 5 nitrogen and oxygen atoms in total. The number of hydrogen-bond acceptors (Lipinski definition) is 3. The van der Waals surface area contributed by atoms with E-state index in [0.717, 1.165) is 42.8 Å². The van der Waals surface area contributed by atoms with Crippen LogP contribution in [0.3, 0.4) is 0 Å². The molecular formula is C24H29N3O2. The molecule has 0 bridgehead atoms. The highest BCUT2D eigenvalue weighted by molar-refractivity contribution is 5.89. The van der Waals surface area contributed by atoms with E-state index < -0.39 is 0 Å². The Morgan fingerprint density at radius 1 is 1.14 bits per heavy atom. The van der Waals surface area contributed by atoms with Gasteiger partial charge in [0.2, 0.25) is 5.91 Å². The summed E-state index contributed by atoms with van der Waals surface area (Å²) >= 11 is 0. The van der Waals surface area contributed by atoms with Crippen LogP contribution in [-0.2, 0) is 23.0 Å². The molecule has 1 atom stereocenters. The Bertz CT molecular complexity index is 989. The lowest BCUT2D eigenvalue weighted by Crippen LogP contribution is -2.44. The van der Waals surface area contributed by atoms with Gasteiger partial charge in [0.25, 0.3) is 0 Å². The summed E-state index contributed by atoms with van der Waals surface area (Å²) in [4.78, 5) is 15.2. The minimum absolute atomic E-state index is 0.0623. The maximum atomic E-state index is 12.8. The van der Waals surface area contributed by atoms with Crippen LogP contribution >= 0.6 is 0 Å². The van der Waals surface area contributed by atoms with Crippen molar-refractivity contribution in [3.05, 3.63) is 71.4 Å². The number of amides is 1. The molecule has 1 aromatic heterocycles. The Balaban J connectivity index is 1.47. The van der Waals surface area contributed by atoms with Crippen LogP contribution in [0.1, 0.15) is 22.7 Å². The number of aryl methyl sites for hydroxylation is 2. The highest BCUT2D eigenvalue weighted by atomic mass is 16.5. The molecule has 29 heavy (non-hydrogen) atoms. The summed E-state index contributed by atoms with van der Waals surface area (Å²) in [7, 11) is 2.02. The van der Waals surface area contributed by atoms with Crippen LogP contribution in [-0.4, -0.2) is 48.2 Å². The van der Waals surface area contributed by atoms with Crippen molar-refractivity contribution in [2.24, 2.45) is 7.05 Å². The zero-order valence-electron chi connectivity index (χ0n) is 17.2. The van der Waals surface area contributed by atoms with E-state index in [-0.39, 0.29) is 11.9 Å². The number of hydrogen-bond donors (Lipinski definition) is 1. The molecule has 1 amide bonds. The Hall–Kier alpha value is -2.63. The molecule has 0 aliphatic carbocycles. The molecule has 0 saturated carbocycles.